The molecule has 0 saturated heterocycles. The second-order valence-electron chi connectivity index (χ2n) is 11.8. The predicted molar refractivity (Wildman–Crippen MR) is 185 cm³/mol. The number of aromatic nitrogens is 2. The number of imidazole rings is 1. The summed E-state index contributed by atoms with van der Waals surface area (Å²) in [4.78, 5) is 24.4. The summed E-state index contributed by atoms with van der Waals surface area (Å²) in [5.41, 5.74) is 4.05. The molecule has 0 aliphatic rings. The lowest BCUT2D eigenvalue weighted by Gasteiger charge is -2.13. The number of hydrogen-bond donors (Lipinski definition) is 0. The van der Waals surface area contributed by atoms with Gasteiger partial charge in [-0.3, -0.25) is 0 Å². The molecule has 0 N–H and O–H groups in total. The Morgan fingerprint density at radius 1 is 0.636 bits per heavy atom. The van der Waals surface area contributed by atoms with E-state index in [2.05, 4.69) is 6.92 Å². The Morgan fingerprint density at radius 3 is 1.66 bits per heavy atom. The Bertz CT molecular complexity index is 1380. The zero-order chi connectivity index (χ0) is 30.8. The molecular formula is C39H49ClN2O2. The number of hydrogen-bond acceptors (Lipinski definition) is 3. The topological polar surface area (TPSA) is 44.1 Å². The van der Waals surface area contributed by atoms with E-state index in [4.69, 9.17) is 21.4 Å². The summed E-state index contributed by atoms with van der Waals surface area (Å²) in [7, 11) is 0. The quantitative estimate of drug-likeness (QED) is 0.0932. The summed E-state index contributed by atoms with van der Waals surface area (Å²) in [5.74, 6) is 0.250. The van der Waals surface area contributed by atoms with E-state index in [9.17, 15) is 4.79 Å². The molecule has 0 fully saturated rings. The van der Waals surface area contributed by atoms with Gasteiger partial charge in [0, 0.05) is 23.1 Å². The molecule has 234 valence electrons. The third-order valence-corrected chi connectivity index (χ3v) is 8.55. The summed E-state index contributed by atoms with van der Waals surface area (Å²) in [6.45, 7) is 2.28. The minimum atomic E-state index is -0.262. The van der Waals surface area contributed by atoms with E-state index in [0.29, 0.717) is 22.8 Å². The van der Waals surface area contributed by atoms with Crippen LogP contribution in [0, 0.1) is 0 Å². The van der Waals surface area contributed by atoms with Crippen LogP contribution in [0.3, 0.4) is 0 Å². The van der Waals surface area contributed by atoms with Crippen molar-refractivity contribution in [2.45, 2.75) is 110 Å². The number of benzene rings is 3. The van der Waals surface area contributed by atoms with Gasteiger partial charge in [-0.05, 0) is 18.6 Å². The summed E-state index contributed by atoms with van der Waals surface area (Å²) in [6.07, 6.45) is 19.7. The van der Waals surface area contributed by atoms with Gasteiger partial charge in [-0.1, -0.05) is 181 Å². The molecule has 4 nitrogen and oxygen atoms in total. The maximum absolute atomic E-state index is 13.2. The molecule has 44 heavy (non-hydrogen) atoms. The highest BCUT2D eigenvalue weighted by Gasteiger charge is 2.25. The maximum atomic E-state index is 13.2. The van der Waals surface area contributed by atoms with Gasteiger partial charge in [0.15, 0.2) is 5.82 Å². The van der Waals surface area contributed by atoms with Crippen molar-refractivity contribution in [3.63, 3.8) is 0 Å². The summed E-state index contributed by atoms with van der Waals surface area (Å²) in [5, 5.41) is 0.552. The molecule has 3 aromatic carbocycles. The number of carbonyl (C=O) groups is 1. The van der Waals surface area contributed by atoms with Gasteiger partial charge in [-0.2, -0.15) is 4.73 Å². The summed E-state index contributed by atoms with van der Waals surface area (Å²) in [6, 6.07) is 27.5. The van der Waals surface area contributed by atoms with Crippen molar-refractivity contribution in [2.24, 2.45) is 0 Å². The monoisotopic (exact) mass is 612 g/mol. The molecule has 0 amide bonds. The van der Waals surface area contributed by atoms with Crippen molar-refractivity contribution in [3.05, 3.63) is 90.0 Å². The van der Waals surface area contributed by atoms with Gasteiger partial charge in [0.25, 0.3) is 0 Å². The second-order valence-corrected chi connectivity index (χ2v) is 12.2. The molecule has 0 saturated carbocycles. The highest BCUT2D eigenvalue weighted by Crippen LogP contribution is 2.37. The van der Waals surface area contributed by atoms with Crippen molar-refractivity contribution in [2.75, 3.05) is 0 Å². The summed E-state index contributed by atoms with van der Waals surface area (Å²) < 4.78 is 1.59. The van der Waals surface area contributed by atoms with E-state index in [1.807, 2.05) is 84.9 Å². The van der Waals surface area contributed by atoms with Crippen molar-refractivity contribution in [3.8, 4) is 33.9 Å². The molecule has 0 radical (unpaired) electrons. The molecule has 0 aliphatic heterocycles. The predicted octanol–water partition coefficient (Wildman–Crippen LogP) is 11.8. The second kappa shape index (κ2) is 19.1. The smallest absolute Gasteiger partial charge is 0.333 e. The van der Waals surface area contributed by atoms with Crippen LogP contribution in [0.5, 0.6) is 0 Å². The Balaban J connectivity index is 1.32. The van der Waals surface area contributed by atoms with E-state index in [1.54, 1.807) is 4.73 Å². The average molecular weight is 613 g/mol. The molecule has 5 heteroatoms. The van der Waals surface area contributed by atoms with Crippen LogP contribution in [0.1, 0.15) is 110 Å². The Morgan fingerprint density at radius 2 is 1.11 bits per heavy atom. The van der Waals surface area contributed by atoms with Gasteiger partial charge in [0.1, 0.15) is 11.4 Å². The Labute approximate surface area is 269 Å². The van der Waals surface area contributed by atoms with Crippen LogP contribution in [0.25, 0.3) is 33.9 Å². The Kier molecular flexibility index (Phi) is 14.6. The van der Waals surface area contributed by atoms with Crippen LogP contribution in [0.2, 0.25) is 5.02 Å². The van der Waals surface area contributed by atoms with Crippen LogP contribution >= 0.6 is 11.6 Å². The first-order valence-corrected chi connectivity index (χ1v) is 17.3. The van der Waals surface area contributed by atoms with Crippen LogP contribution in [0.15, 0.2) is 84.9 Å². The standard InChI is InChI=1S/C39H49ClN2O2/c1-2-3-4-5-6-7-8-9-10-11-12-13-14-15-22-31-36(43)44-42-38(33-27-20-17-21-28-33)37(32-25-18-16-19-26-32)41-39(42)34-29-23-24-30-35(34)40/h16-21,23-30H,2-15,22,31H2,1H3. The lowest BCUT2D eigenvalue weighted by molar-refractivity contribution is -0.143. The number of rotatable bonds is 20. The number of nitrogens with zero attached hydrogens (tertiary/aromatic N) is 2. The first-order chi connectivity index (χ1) is 21.7. The fourth-order valence-corrected chi connectivity index (χ4v) is 5.96. The van der Waals surface area contributed by atoms with E-state index >= 15 is 0 Å². The minimum Gasteiger partial charge on any atom is -0.334 e. The largest absolute Gasteiger partial charge is 0.334 e. The zero-order valence-electron chi connectivity index (χ0n) is 26.5. The van der Waals surface area contributed by atoms with Crippen LogP contribution < -0.4 is 4.84 Å². The minimum absolute atomic E-state index is 0.262. The van der Waals surface area contributed by atoms with Crippen LogP contribution in [-0.2, 0) is 4.79 Å². The average Bonchev–Trinajstić information content (AvgIpc) is 3.42. The van der Waals surface area contributed by atoms with E-state index < -0.39 is 0 Å². The molecule has 1 heterocycles. The van der Waals surface area contributed by atoms with E-state index in [1.165, 1.54) is 77.0 Å². The molecule has 0 aliphatic carbocycles. The molecular weight excluding hydrogens is 564 g/mol. The molecule has 4 aromatic rings. The highest BCUT2D eigenvalue weighted by atomic mass is 35.5. The van der Waals surface area contributed by atoms with Crippen molar-refractivity contribution in [1.29, 1.82) is 0 Å². The van der Waals surface area contributed by atoms with Gasteiger partial charge in [0.05, 0.1) is 5.02 Å². The molecule has 0 spiro atoms. The Hall–Kier alpha value is -3.37. The molecule has 1 aromatic heterocycles. The maximum Gasteiger partial charge on any atom is 0.333 e. The number of carbonyl (C=O) groups excluding carboxylic acids is 1. The first-order valence-electron chi connectivity index (χ1n) is 16.9. The number of unbranched alkanes of at least 4 members (excludes halogenated alkanes) is 14. The lowest BCUT2D eigenvalue weighted by Crippen LogP contribution is -2.21. The van der Waals surface area contributed by atoms with E-state index in [0.717, 1.165) is 41.8 Å². The van der Waals surface area contributed by atoms with Crippen molar-refractivity contribution in [1.82, 2.24) is 9.71 Å². The van der Waals surface area contributed by atoms with Gasteiger partial charge < -0.3 is 4.84 Å². The van der Waals surface area contributed by atoms with Gasteiger partial charge >= 0.3 is 5.97 Å². The number of halogens is 1. The molecule has 0 atom stereocenters. The van der Waals surface area contributed by atoms with Crippen LogP contribution in [0.4, 0.5) is 0 Å². The third-order valence-electron chi connectivity index (χ3n) is 8.22. The van der Waals surface area contributed by atoms with Gasteiger partial charge in [-0.15, -0.1) is 0 Å². The summed E-state index contributed by atoms with van der Waals surface area (Å²) >= 11 is 6.63. The van der Waals surface area contributed by atoms with Gasteiger partial charge in [0.2, 0.25) is 0 Å². The van der Waals surface area contributed by atoms with Crippen molar-refractivity contribution >= 4 is 17.6 Å². The first kappa shape index (κ1) is 33.5. The lowest BCUT2D eigenvalue weighted by atomic mass is 10.0. The fraction of sp³-hybridized carbons (Fsp3) is 0.436. The zero-order valence-corrected chi connectivity index (χ0v) is 27.2. The third kappa shape index (κ3) is 10.4. The fourth-order valence-electron chi connectivity index (χ4n) is 5.74. The molecule has 0 unspecified atom stereocenters. The normalized spacial score (nSPS) is 11.1. The van der Waals surface area contributed by atoms with Gasteiger partial charge in [-0.25, -0.2) is 9.78 Å². The SMILES string of the molecule is CCCCCCCCCCCCCCCCCC(=O)On1c(-c2ccccc2Cl)nc(-c2ccccc2)c1-c1ccccc1. The molecule has 4 rings (SSSR count). The highest BCUT2D eigenvalue weighted by molar-refractivity contribution is 6.33. The van der Waals surface area contributed by atoms with Crippen molar-refractivity contribution < 1.29 is 9.63 Å². The van der Waals surface area contributed by atoms with Crippen LogP contribution in [-0.4, -0.2) is 15.7 Å². The molecule has 0 bridgehead atoms. The van der Waals surface area contributed by atoms with E-state index in [-0.39, 0.29) is 5.97 Å².